The molecule has 3 N–H and O–H groups in total. The highest BCUT2D eigenvalue weighted by molar-refractivity contribution is 6.38. The van der Waals surface area contributed by atoms with Crippen molar-refractivity contribution in [3.05, 3.63) is 45.4 Å². The first-order valence-corrected chi connectivity index (χ1v) is 7.40. The summed E-state index contributed by atoms with van der Waals surface area (Å²) in [5, 5.41) is 2.64. The van der Waals surface area contributed by atoms with Crippen LogP contribution in [0.15, 0.2) is 29.8 Å². The summed E-state index contributed by atoms with van der Waals surface area (Å²) in [4.78, 5) is 0. The van der Waals surface area contributed by atoms with Crippen LogP contribution in [0, 0.1) is 12.8 Å². The Morgan fingerprint density at radius 2 is 2.00 bits per heavy atom. The fourth-order valence-corrected chi connectivity index (χ4v) is 2.48. The van der Waals surface area contributed by atoms with Crippen LogP contribution in [0.5, 0.6) is 5.75 Å². The lowest BCUT2D eigenvalue weighted by Crippen LogP contribution is -2.34. The Balaban J connectivity index is 2.35. The van der Waals surface area contributed by atoms with Gasteiger partial charge < -0.3 is 10.5 Å². The van der Waals surface area contributed by atoms with Gasteiger partial charge in [0.1, 0.15) is 0 Å². The molecule has 1 heterocycles. The average molecular weight is 328 g/mol. The number of ether oxygens (including phenoxy) is 1. The van der Waals surface area contributed by atoms with E-state index in [9.17, 15) is 0 Å². The highest BCUT2D eigenvalue weighted by Gasteiger charge is 2.18. The van der Waals surface area contributed by atoms with E-state index in [0.29, 0.717) is 33.3 Å². The molecule has 21 heavy (non-hydrogen) atoms. The summed E-state index contributed by atoms with van der Waals surface area (Å²) in [5.74, 6) is 1.35. The Morgan fingerprint density at radius 1 is 1.33 bits per heavy atom. The third-order valence-electron chi connectivity index (χ3n) is 3.27. The molecule has 1 aliphatic rings. The molecule has 0 unspecified atom stereocenters. The zero-order valence-corrected chi connectivity index (χ0v) is 14.0. The van der Waals surface area contributed by atoms with Gasteiger partial charge in [0.15, 0.2) is 5.75 Å². The van der Waals surface area contributed by atoms with E-state index in [-0.39, 0.29) is 0 Å². The van der Waals surface area contributed by atoms with Crippen LogP contribution in [-0.4, -0.2) is 12.1 Å². The van der Waals surface area contributed by atoms with Crippen molar-refractivity contribution in [2.75, 3.05) is 12.8 Å². The quantitative estimate of drug-likeness (QED) is 0.821. The molecule has 4 nitrogen and oxygen atoms in total. The second kappa shape index (κ2) is 6.08. The van der Waals surface area contributed by atoms with Crippen LogP contribution in [0.2, 0.25) is 10.0 Å². The van der Waals surface area contributed by atoms with E-state index in [4.69, 9.17) is 33.7 Å². The smallest absolute Gasteiger partial charge is 0.212 e. The van der Waals surface area contributed by atoms with Crippen LogP contribution < -0.4 is 15.9 Å². The number of hydrogen-bond acceptors (Lipinski definition) is 4. The molecule has 1 aromatic carbocycles. The zero-order chi connectivity index (χ0) is 15.7. The second-order valence-electron chi connectivity index (χ2n) is 5.33. The fraction of sp³-hybridized carbons (Fsp3) is 0.333. The molecular formula is C15H19Cl2N3O. The van der Waals surface area contributed by atoms with Gasteiger partial charge in [0.2, 0.25) is 5.88 Å². The molecule has 1 aliphatic heterocycles. The fourth-order valence-electron chi connectivity index (χ4n) is 1.93. The predicted octanol–water partition coefficient (Wildman–Crippen LogP) is 4.09. The number of hydrogen-bond donors (Lipinski definition) is 2. The molecule has 0 fully saturated rings. The largest absolute Gasteiger partial charge is 0.436 e. The van der Waals surface area contributed by atoms with Crippen LogP contribution in [0.3, 0.4) is 0 Å². The normalized spacial score (nSPS) is 14.7. The van der Waals surface area contributed by atoms with Crippen LogP contribution in [0.4, 0.5) is 5.69 Å². The van der Waals surface area contributed by atoms with Gasteiger partial charge in [-0.2, -0.15) is 0 Å². The SMILES string of the molecule is Cc1c(N)cc(Cl)c(OC2=CC(C(C)C)=CN(C)N2)c1Cl. The number of rotatable bonds is 3. The molecule has 0 amide bonds. The number of halogens is 2. The van der Waals surface area contributed by atoms with Crippen LogP contribution in [-0.2, 0) is 0 Å². The zero-order valence-electron chi connectivity index (χ0n) is 12.5. The van der Waals surface area contributed by atoms with E-state index >= 15 is 0 Å². The minimum absolute atomic E-state index is 0.382. The van der Waals surface area contributed by atoms with E-state index in [1.807, 2.05) is 31.3 Å². The van der Waals surface area contributed by atoms with Gasteiger partial charge >= 0.3 is 0 Å². The Labute approximate surface area is 135 Å². The lowest BCUT2D eigenvalue weighted by Gasteiger charge is -2.27. The van der Waals surface area contributed by atoms with E-state index in [2.05, 4.69) is 19.3 Å². The molecule has 0 saturated carbocycles. The average Bonchev–Trinajstić information content (AvgIpc) is 2.40. The van der Waals surface area contributed by atoms with Crippen molar-refractivity contribution in [3.8, 4) is 5.75 Å². The lowest BCUT2D eigenvalue weighted by atomic mass is 10.0. The number of nitrogens with two attached hydrogens (primary N) is 1. The van der Waals surface area contributed by atoms with Crippen molar-refractivity contribution in [2.45, 2.75) is 20.8 Å². The maximum Gasteiger partial charge on any atom is 0.212 e. The van der Waals surface area contributed by atoms with Crippen molar-refractivity contribution in [1.82, 2.24) is 10.4 Å². The molecule has 0 saturated heterocycles. The van der Waals surface area contributed by atoms with Gasteiger partial charge in [-0.05, 0) is 30.0 Å². The summed E-state index contributed by atoms with van der Waals surface area (Å²) in [5.41, 5.74) is 11.4. The number of anilines is 1. The predicted molar refractivity (Wildman–Crippen MR) is 88.1 cm³/mol. The first-order chi connectivity index (χ1) is 9.79. The van der Waals surface area contributed by atoms with Crippen molar-refractivity contribution < 1.29 is 4.74 Å². The van der Waals surface area contributed by atoms with Crippen molar-refractivity contribution in [1.29, 1.82) is 0 Å². The van der Waals surface area contributed by atoms with Crippen molar-refractivity contribution in [3.63, 3.8) is 0 Å². The summed E-state index contributed by atoms with van der Waals surface area (Å²) in [6.45, 7) is 6.06. The monoisotopic (exact) mass is 327 g/mol. The number of allylic oxidation sites excluding steroid dienone is 2. The third kappa shape index (κ3) is 3.39. The summed E-state index contributed by atoms with van der Waals surface area (Å²) in [6.07, 6.45) is 3.94. The maximum atomic E-state index is 6.29. The number of nitrogens with zero attached hydrogens (tertiary/aromatic N) is 1. The van der Waals surface area contributed by atoms with Crippen molar-refractivity contribution in [2.24, 2.45) is 5.92 Å². The van der Waals surface area contributed by atoms with Crippen LogP contribution >= 0.6 is 23.2 Å². The maximum absolute atomic E-state index is 6.29. The van der Waals surface area contributed by atoms with Crippen LogP contribution in [0.1, 0.15) is 19.4 Å². The third-order valence-corrected chi connectivity index (χ3v) is 4.00. The number of nitrogens with one attached hydrogen (secondary N) is 1. The molecular weight excluding hydrogens is 309 g/mol. The molecule has 1 aromatic rings. The minimum Gasteiger partial charge on any atom is -0.436 e. The Morgan fingerprint density at radius 3 is 2.62 bits per heavy atom. The second-order valence-corrected chi connectivity index (χ2v) is 6.12. The van der Waals surface area contributed by atoms with Gasteiger partial charge in [-0.15, -0.1) is 0 Å². The molecule has 0 aliphatic carbocycles. The standard InChI is InChI=1S/C15H19Cl2N3O/c1-8(2)10-5-13(19-20(4)7-10)21-15-11(16)6-12(18)9(3)14(15)17/h5-8,19H,18H2,1-4H3. The first-order valence-electron chi connectivity index (χ1n) is 6.64. The van der Waals surface area contributed by atoms with Gasteiger partial charge in [0.05, 0.1) is 10.0 Å². The Bertz CT molecular complexity index is 624. The number of hydrazine groups is 1. The van der Waals surface area contributed by atoms with E-state index in [0.717, 1.165) is 11.1 Å². The Hall–Kier alpha value is -1.52. The lowest BCUT2D eigenvalue weighted by molar-refractivity contribution is 0.258. The molecule has 0 bridgehead atoms. The summed E-state index contributed by atoms with van der Waals surface area (Å²) < 4.78 is 5.85. The van der Waals surface area contributed by atoms with E-state index in [1.165, 1.54) is 0 Å². The van der Waals surface area contributed by atoms with Gasteiger partial charge in [-0.1, -0.05) is 37.0 Å². The van der Waals surface area contributed by atoms with Gasteiger partial charge in [-0.25, -0.2) is 0 Å². The molecule has 6 heteroatoms. The summed E-state index contributed by atoms with van der Waals surface area (Å²) in [6, 6.07) is 1.64. The number of benzene rings is 1. The van der Waals surface area contributed by atoms with Gasteiger partial charge in [0, 0.05) is 25.0 Å². The molecule has 0 atom stereocenters. The number of nitrogen functional groups attached to an aromatic ring is 1. The van der Waals surface area contributed by atoms with Gasteiger partial charge in [-0.3, -0.25) is 10.4 Å². The van der Waals surface area contributed by atoms with Crippen molar-refractivity contribution >= 4 is 28.9 Å². The molecule has 114 valence electrons. The molecule has 0 aromatic heterocycles. The van der Waals surface area contributed by atoms with E-state index < -0.39 is 0 Å². The topological polar surface area (TPSA) is 50.5 Å². The van der Waals surface area contributed by atoms with E-state index in [1.54, 1.807) is 6.07 Å². The summed E-state index contributed by atoms with van der Waals surface area (Å²) in [7, 11) is 1.90. The molecule has 0 radical (unpaired) electrons. The highest BCUT2D eigenvalue weighted by Crippen LogP contribution is 2.39. The minimum atomic E-state index is 0.382. The Kier molecular flexibility index (Phi) is 4.59. The first kappa shape index (κ1) is 15.9. The summed E-state index contributed by atoms with van der Waals surface area (Å²) >= 11 is 12.5. The molecule has 0 spiro atoms. The highest BCUT2D eigenvalue weighted by atomic mass is 35.5. The van der Waals surface area contributed by atoms with Crippen LogP contribution in [0.25, 0.3) is 0 Å². The van der Waals surface area contributed by atoms with Gasteiger partial charge in [0.25, 0.3) is 0 Å². The molecule has 2 rings (SSSR count).